The van der Waals surface area contributed by atoms with Crippen molar-refractivity contribution < 1.29 is 9.53 Å². The SMILES string of the molecule is COc1ccc(C=Nc2sc3c(c2C(=O)Nc2ccc(Cl)cc2)CCCC3)cc1. The van der Waals surface area contributed by atoms with Crippen LogP contribution in [-0.4, -0.2) is 19.2 Å². The first-order valence-electron chi connectivity index (χ1n) is 9.53. The molecule has 148 valence electrons. The van der Waals surface area contributed by atoms with Gasteiger partial charge in [-0.2, -0.15) is 0 Å². The Labute approximate surface area is 179 Å². The first kappa shape index (κ1) is 19.7. The number of fused-ring (bicyclic) bond motifs is 1. The third-order valence-electron chi connectivity index (χ3n) is 4.93. The number of anilines is 1. The van der Waals surface area contributed by atoms with Crippen molar-refractivity contribution >= 4 is 45.7 Å². The van der Waals surface area contributed by atoms with E-state index in [-0.39, 0.29) is 5.91 Å². The zero-order valence-electron chi connectivity index (χ0n) is 16.1. The second-order valence-electron chi connectivity index (χ2n) is 6.88. The molecule has 0 aliphatic heterocycles. The molecule has 0 atom stereocenters. The summed E-state index contributed by atoms with van der Waals surface area (Å²) in [6, 6.07) is 14.8. The van der Waals surface area contributed by atoms with Gasteiger partial charge in [-0.3, -0.25) is 4.79 Å². The molecule has 2 aromatic carbocycles. The summed E-state index contributed by atoms with van der Waals surface area (Å²) < 4.78 is 5.20. The topological polar surface area (TPSA) is 50.7 Å². The van der Waals surface area contributed by atoms with Crippen molar-refractivity contribution in [2.45, 2.75) is 25.7 Å². The van der Waals surface area contributed by atoms with Gasteiger partial charge in [0, 0.05) is 21.8 Å². The number of ether oxygens (including phenoxy) is 1. The van der Waals surface area contributed by atoms with Gasteiger partial charge in [-0.05, 0) is 85.3 Å². The Morgan fingerprint density at radius 1 is 1.10 bits per heavy atom. The summed E-state index contributed by atoms with van der Waals surface area (Å²) >= 11 is 7.57. The highest BCUT2D eigenvalue weighted by Gasteiger charge is 2.25. The zero-order chi connectivity index (χ0) is 20.2. The number of hydrogen-bond acceptors (Lipinski definition) is 4. The molecule has 1 N–H and O–H groups in total. The largest absolute Gasteiger partial charge is 0.497 e. The van der Waals surface area contributed by atoms with Crippen LogP contribution >= 0.6 is 22.9 Å². The van der Waals surface area contributed by atoms with Gasteiger partial charge in [0.25, 0.3) is 5.91 Å². The van der Waals surface area contributed by atoms with E-state index in [1.807, 2.05) is 24.3 Å². The molecule has 1 aromatic heterocycles. The fourth-order valence-corrected chi connectivity index (χ4v) is 4.78. The lowest BCUT2D eigenvalue weighted by molar-refractivity contribution is 0.102. The fraction of sp³-hybridized carbons (Fsp3) is 0.217. The second-order valence-corrected chi connectivity index (χ2v) is 8.40. The average Bonchev–Trinajstić information content (AvgIpc) is 3.13. The lowest BCUT2D eigenvalue weighted by atomic mass is 9.95. The molecule has 1 aliphatic rings. The summed E-state index contributed by atoms with van der Waals surface area (Å²) in [5.41, 5.74) is 3.53. The molecule has 4 nitrogen and oxygen atoms in total. The second kappa shape index (κ2) is 8.80. The Morgan fingerprint density at radius 2 is 1.83 bits per heavy atom. The Kier molecular flexibility index (Phi) is 5.97. The molecule has 0 saturated heterocycles. The highest BCUT2D eigenvalue weighted by molar-refractivity contribution is 7.16. The van der Waals surface area contributed by atoms with Crippen LogP contribution in [-0.2, 0) is 12.8 Å². The minimum Gasteiger partial charge on any atom is -0.497 e. The van der Waals surface area contributed by atoms with Crippen LogP contribution in [0.3, 0.4) is 0 Å². The van der Waals surface area contributed by atoms with E-state index >= 15 is 0 Å². The molecule has 0 bridgehead atoms. The van der Waals surface area contributed by atoms with Gasteiger partial charge in [0.1, 0.15) is 10.8 Å². The minimum absolute atomic E-state index is 0.117. The fourth-order valence-electron chi connectivity index (χ4n) is 3.43. The zero-order valence-corrected chi connectivity index (χ0v) is 17.6. The smallest absolute Gasteiger partial charge is 0.259 e. The molecule has 1 aliphatic carbocycles. The van der Waals surface area contributed by atoms with Gasteiger partial charge in [0.05, 0.1) is 12.7 Å². The lowest BCUT2D eigenvalue weighted by Crippen LogP contribution is -2.14. The molecule has 29 heavy (non-hydrogen) atoms. The molecule has 4 rings (SSSR count). The van der Waals surface area contributed by atoms with Crippen molar-refractivity contribution in [3.05, 3.63) is 75.1 Å². The van der Waals surface area contributed by atoms with E-state index in [9.17, 15) is 4.79 Å². The van der Waals surface area contributed by atoms with Crippen LogP contribution in [0.2, 0.25) is 5.02 Å². The van der Waals surface area contributed by atoms with Crippen LogP contribution in [0.5, 0.6) is 5.75 Å². The molecule has 0 radical (unpaired) electrons. The molecule has 0 unspecified atom stereocenters. The van der Waals surface area contributed by atoms with Crippen molar-refractivity contribution in [2.24, 2.45) is 4.99 Å². The van der Waals surface area contributed by atoms with Crippen LogP contribution in [0, 0.1) is 0 Å². The number of nitrogens with zero attached hydrogens (tertiary/aromatic N) is 1. The number of nitrogens with one attached hydrogen (secondary N) is 1. The number of aliphatic imine (C=N–C) groups is 1. The molecule has 6 heteroatoms. The van der Waals surface area contributed by atoms with Gasteiger partial charge in [-0.1, -0.05) is 11.6 Å². The minimum atomic E-state index is -0.117. The quantitative estimate of drug-likeness (QED) is 0.489. The summed E-state index contributed by atoms with van der Waals surface area (Å²) in [6.07, 6.45) is 6.00. The Balaban J connectivity index is 1.64. The molecule has 3 aromatic rings. The third-order valence-corrected chi connectivity index (χ3v) is 6.38. The Bertz CT molecular complexity index is 1040. The molecular formula is C23H21ClN2O2S. The molecule has 0 saturated carbocycles. The number of halogens is 1. The van der Waals surface area contributed by atoms with Crippen LogP contribution in [0.4, 0.5) is 10.7 Å². The van der Waals surface area contributed by atoms with Gasteiger partial charge < -0.3 is 10.1 Å². The first-order valence-corrected chi connectivity index (χ1v) is 10.7. The third kappa shape index (κ3) is 4.52. The molecule has 0 fully saturated rings. The molecule has 1 amide bonds. The summed E-state index contributed by atoms with van der Waals surface area (Å²) in [4.78, 5) is 19.1. The Morgan fingerprint density at radius 3 is 2.55 bits per heavy atom. The average molecular weight is 425 g/mol. The number of methoxy groups -OCH3 is 1. The standard InChI is InChI=1S/C23H21ClN2O2S/c1-28-18-12-6-15(7-13-18)14-25-23-21(19-4-2-3-5-20(19)29-23)22(27)26-17-10-8-16(24)9-11-17/h6-14H,2-5H2,1H3,(H,26,27). The summed E-state index contributed by atoms with van der Waals surface area (Å²) in [6.45, 7) is 0. The molecular weight excluding hydrogens is 404 g/mol. The van der Waals surface area contributed by atoms with Crippen LogP contribution < -0.4 is 10.1 Å². The van der Waals surface area contributed by atoms with Crippen molar-refractivity contribution in [3.8, 4) is 5.75 Å². The van der Waals surface area contributed by atoms with E-state index in [1.165, 1.54) is 4.88 Å². The lowest BCUT2D eigenvalue weighted by Gasteiger charge is -2.12. The van der Waals surface area contributed by atoms with E-state index < -0.39 is 0 Å². The maximum atomic E-state index is 13.1. The van der Waals surface area contributed by atoms with Gasteiger partial charge in [-0.25, -0.2) is 4.99 Å². The maximum Gasteiger partial charge on any atom is 0.259 e. The van der Waals surface area contributed by atoms with Crippen molar-refractivity contribution in [3.63, 3.8) is 0 Å². The number of carbonyl (C=O) groups is 1. The number of amides is 1. The molecule has 0 spiro atoms. The van der Waals surface area contributed by atoms with E-state index in [0.717, 1.165) is 53.2 Å². The van der Waals surface area contributed by atoms with E-state index in [0.29, 0.717) is 10.6 Å². The number of benzene rings is 2. The normalized spacial score (nSPS) is 13.3. The van der Waals surface area contributed by atoms with Gasteiger partial charge in [-0.15, -0.1) is 11.3 Å². The van der Waals surface area contributed by atoms with Crippen LogP contribution in [0.15, 0.2) is 53.5 Å². The number of aryl methyl sites for hydroxylation is 1. The Hall–Kier alpha value is -2.63. The van der Waals surface area contributed by atoms with Crippen molar-refractivity contribution in [2.75, 3.05) is 12.4 Å². The van der Waals surface area contributed by atoms with Crippen molar-refractivity contribution in [1.29, 1.82) is 0 Å². The van der Waals surface area contributed by atoms with Crippen LogP contribution in [0.1, 0.15) is 39.2 Å². The summed E-state index contributed by atoms with van der Waals surface area (Å²) in [5, 5.41) is 4.40. The predicted octanol–water partition coefficient (Wildman–Crippen LogP) is 6.29. The van der Waals surface area contributed by atoms with Crippen molar-refractivity contribution in [1.82, 2.24) is 0 Å². The van der Waals surface area contributed by atoms with Gasteiger partial charge in [0.2, 0.25) is 0 Å². The monoisotopic (exact) mass is 424 g/mol. The van der Waals surface area contributed by atoms with Gasteiger partial charge >= 0.3 is 0 Å². The van der Waals surface area contributed by atoms with Crippen LogP contribution in [0.25, 0.3) is 0 Å². The van der Waals surface area contributed by atoms with Gasteiger partial charge in [0.15, 0.2) is 0 Å². The number of hydrogen-bond donors (Lipinski definition) is 1. The van der Waals surface area contributed by atoms with E-state index in [4.69, 9.17) is 16.3 Å². The summed E-state index contributed by atoms with van der Waals surface area (Å²) in [5.74, 6) is 0.686. The predicted molar refractivity (Wildman–Crippen MR) is 121 cm³/mol. The number of rotatable bonds is 5. The molecule has 1 heterocycles. The highest BCUT2D eigenvalue weighted by atomic mass is 35.5. The maximum absolute atomic E-state index is 13.1. The van der Waals surface area contributed by atoms with E-state index in [2.05, 4.69) is 10.3 Å². The number of thiophene rings is 1. The summed E-state index contributed by atoms with van der Waals surface area (Å²) in [7, 11) is 1.64. The number of carbonyl (C=O) groups excluding carboxylic acids is 1. The highest BCUT2D eigenvalue weighted by Crippen LogP contribution is 2.40. The first-order chi connectivity index (χ1) is 14.1. The van der Waals surface area contributed by atoms with E-state index in [1.54, 1.807) is 48.9 Å².